The van der Waals surface area contributed by atoms with Crippen molar-refractivity contribution in [1.29, 1.82) is 0 Å². The Morgan fingerprint density at radius 3 is 2.39 bits per heavy atom. The molecule has 7 heteroatoms. The van der Waals surface area contributed by atoms with Gasteiger partial charge in [-0.1, -0.05) is 36.7 Å². The van der Waals surface area contributed by atoms with Crippen molar-refractivity contribution in [2.75, 3.05) is 23.3 Å². The fourth-order valence-electron chi connectivity index (χ4n) is 4.28. The number of benzene rings is 3. The van der Waals surface area contributed by atoms with Gasteiger partial charge in [-0.05, 0) is 72.0 Å². The van der Waals surface area contributed by atoms with Gasteiger partial charge >= 0.3 is 5.97 Å². The van der Waals surface area contributed by atoms with Crippen molar-refractivity contribution in [2.24, 2.45) is 0 Å². The number of carbonyl (C=O) groups is 1. The second kappa shape index (κ2) is 9.41. The van der Waals surface area contributed by atoms with E-state index >= 15 is 0 Å². The summed E-state index contributed by atoms with van der Waals surface area (Å²) in [6, 6.07) is 19.2. The Kier molecular flexibility index (Phi) is 6.58. The maximum atomic E-state index is 13.3. The molecule has 3 aromatic carbocycles. The molecule has 1 aliphatic heterocycles. The topological polar surface area (TPSA) is 72.8 Å². The van der Waals surface area contributed by atoms with Crippen LogP contribution in [0, 0.1) is 5.82 Å². The highest BCUT2D eigenvalue weighted by molar-refractivity contribution is 6.30. The second-order valence-electron chi connectivity index (χ2n) is 8.51. The smallest absolute Gasteiger partial charge is 0.303 e. The number of aliphatic carboxylic acids is 1. The summed E-state index contributed by atoms with van der Waals surface area (Å²) in [5.41, 5.74) is 3.12. The molecule has 33 heavy (non-hydrogen) atoms. The molecule has 4 rings (SSSR count). The van der Waals surface area contributed by atoms with Crippen LogP contribution in [0.1, 0.15) is 36.8 Å². The molecule has 172 valence electrons. The van der Waals surface area contributed by atoms with E-state index in [4.69, 9.17) is 11.6 Å². The largest absolute Gasteiger partial charge is 0.481 e. The van der Waals surface area contributed by atoms with Crippen molar-refractivity contribution < 1.29 is 19.4 Å². The molecule has 0 bridgehead atoms. The van der Waals surface area contributed by atoms with Crippen molar-refractivity contribution in [3.8, 4) is 0 Å². The Morgan fingerprint density at radius 2 is 1.79 bits per heavy atom. The maximum absolute atomic E-state index is 13.3. The molecule has 0 aromatic heterocycles. The van der Waals surface area contributed by atoms with Crippen LogP contribution in [-0.4, -0.2) is 29.3 Å². The van der Waals surface area contributed by atoms with Crippen LogP contribution in [0.3, 0.4) is 0 Å². The molecular weight excluding hydrogens is 443 g/mol. The van der Waals surface area contributed by atoms with Gasteiger partial charge in [0.25, 0.3) is 0 Å². The van der Waals surface area contributed by atoms with Crippen LogP contribution < -0.4 is 10.2 Å². The maximum Gasteiger partial charge on any atom is 0.303 e. The molecule has 1 atom stereocenters. The molecule has 5 nitrogen and oxygen atoms in total. The number of hydrogen-bond acceptors (Lipinski definition) is 4. The van der Waals surface area contributed by atoms with Crippen LogP contribution >= 0.6 is 11.6 Å². The summed E-state index contributed by atoms with van der Waals surface area (Å²) in [6.45, 7) is 2.70. The van der Waals surface area contributed by atoms with E-state index in [9.17, 15) is 19.4 Å². The Balaban J connectivity index is 1.63. The molecule has 0 amide bonds. The number of hydrogen-bond donors (Lipinski definition) is 3. The monoisotopic (exact) mass is 468 g/mol. The molecular formula is C26H26ClFN2O3. The number of nitrogens with one attached hydrogen (secondary N) is 1. The lowest BCUT2D eigenvalue weighted by molar-refractivity contribution is -0.137. The van der Waals surface area contributed by atoms with Gasteiger partial charge in [-0.2, -0.15) is 0 Å². The minimum absolute atomic E-state index is 0.0598. The molecule has 3 aromatic rings. The minimum Gasteiger partial charge on any atom is -0.481 e. The summed E-state index contributed by atoms with van der Waals surface area (Å²) in [4.78, 5) is 13.4. The third-order valence-electron chi connectivity index (χ3n) is 6.16. The quantitative estimate of drug-likeness (QED) is 0.384. The highest BCUT2D eigenvalue weighted by Gasteiger charge is 2.43. The number of nitrogens with zero attached hydrogens (tertiary/aromatic N) is 1. The number of carboxylic acids is 1. The minimum atomic E-state index is -1.06. The van der Waals surface area contributed by atoms with E-state index in [1.165, 1.54) is 12.1 Å². The van der Waals surface area contributed by atoms with Crippen molar-refractivity contribution in [3.05, 3.63) is 88.7 Å². The van der Waals surface area contributed by atoms with Crippen LogP contribution in [0.4, 0.5) is 21.5 Å². The summed E-state index contributed by atoms with van der Waals surface area (Å²) >= 11 is 6.02. The third-order valence-corrected chi connectivity index (χ3v) is 6.41. The fourth-order valence-corrected chi connectivity index (χ4v) is 4.41. The average molecular weight is 469 g/mol. The molecule has 1 heterocycles. The van der Waals surface area contributed by atoms with E-state index in [-0.39, 0.29) is 18.2 Å². The third kappa shape index (κ3) is 5.13. The lowest BCUT2D eigenvalue weighted by Crippen LogP contribution is -2.59. The van der Waals surface area contributed by atoms with Gasteiger partial charge in [-0.15, -0.1) is 0 Å². The van der Waals surface area contributed by atoms with Gasteiger partial charge in [0.1, 0.15) is 11.4 Å². The molecule has 1 saturated heterocycles. The van der Waals surface area contributed by atoms with Gasteiger partial charge in [0, 0.05) is 10.7 Å². The van der Waals surface area contributed by atoms with Crippen molar-refractivity contribution >= 4 is 34.6 Å². The number of aliphatic hydroxyl groups is 1. The zero-order chi connectivity index (χ0) is 23.6. The molecule has 1 unspecified atom stereocenters. The SMILES string of the molecule is CCC(CC(=O)O)c1ccc(N2CC(O)(c3ccc(F)cc3)C2)c(Nc2ccc(Cl)cc2)c1. The Morgan fingerprint density at radius 1 is 1.12 bits per heavy atom. The molecule has 0 spiro atoms. The Bertz CT molecular complexity index is 1130. The summed E-state index contributed by atoms with van der Waals surface area (Å²) in [5, 5.41) is 24.4. The first-order valence-electron chi connectivity index (χ1n) is 10.9. The van der Waals surface area contributed by atoms with Gasteiger partial charge in [0.15, 0.2) is 0 Å². The summed E-state index contributed by atoms with van der Waals surface area (Å²) in [7, 11) is 0. The van der Waals surface area contributed by atoms with Gasteiger partial charge in [-0.25, -0.2) is 4.39 Å². The van der Waals surface area contributed by atoms with E-state index in [0.717, 1.165) is 22.6 Å². The predicted octanol–water partition coefficient (Wildman–Crippen LogP) is 5.90. The number of carboxylic acid groups (broad SMARTS) is 1. The summed E-state index contributed by atoms with van der Waals surface area (Å²) in [6.07, 6.45) is 0.768. The molecule has 3 N–H and O–H groups in total. The Hall–Kier alpha value is -3.09. The average Bonchev–Trinajstić information content (AvgIpc) is 2.77. The van der Waals surface area contributed by atoms with Crippen LogP contribution in [0.25, 0.3) is 0 Å². The number of β-amino-alcohol motifs (C(OH)–C–C–N with tert-alkyl or cyclic N) is 1. The zero-order valence-corrected chi connectivity index (χ0v) is 19.0. The van der Waals surface area contributed by atoms with Crippen LogP contribution in [0.15, 0.2) is 66.7 Å². The van der Waals surface area contributed by atoms with Gasteiger partial charge in [-0.3, -0.25) is 4.79 Å². The molecule has 0 aliphatic carbocycles. The fraction of sp³-hybridized carbons (Fsp3) is 0.269. The van der Waals surface area contributed by atoms with E-state index in [2.05, 4.69) is 5.32 Å². The number of rotatable bonds is 8. The van der Waals surface area contributed by atoms with E-state index < -0.39 is 11.6 Å². The normalized spacial score (nSPS) is 15.6. The molecule has 0 saturated carbocycles. The summed E-state index contributed by atoms with van der Waals surface area (Å²) < 4.78 is 13.3. The van der Waals surface area contributed by atoms with E-state index in [0.29, 0.717) is 30.1 Å². The van der Waals surface area contributed by atoms with Crippen molar-refractivity contribution in [3.63, 3.8) is 0 Å². The zero-order valence-electron chi connectivity index (χ0n) is 18.3. The van der Waals surface area contributed by atoms with E-state index in [1.54, 1.807) is 24.3 Å². The van der Waals surface area contributed by atoms with E-state index in [1.807, 2.05) is 42.2 Å². The first kappa shape index (κ1) is 23.1. The lowest BCUT2D eigenvalue weighted by atomic mass is 9.85. The van der Waals surface area contributed by atoms with Crippen LogP contribution in [0.2, 0.25) is 5.02 Å². The Labute approximate surface area is 197 Å². The van der Waals surface area contributed by atoms with Crippen LogP contribution in [-0.2, 0) is 10.4 Å². The highest BCUT2D eigenvalue weighted by atomic mass is 35.5. The van der Waals surface area contributed by atoms with Gasteiger partial charge < -0.3 is 20.4 Å². The second-order valence-corrected chi connectivity index (χ2v) is 8.94. The van der Waals surface area contributed by atoms with Crippen LogP contribution in [0.5, 0.6) is 0 Å². The van der Waals surface area contributed by atoms with Crippen molar-refractivity contribution in [2.45, 2.75) is 31.3 Å². The first-order valence-corrected chi connectivity index (χ1v) is 11.3. The molecule has 0 radical (unpaired) electrons. The first-order chi connectivity index (χ1) is 15.8. The summed E-state index contributed by atoms with van der Waals surface area (Å²) in [5.74, 6) is -1.27. The van der Waals surface area contributed by atoms with Gasteiger partial charge in [0.2, 0.25) is 0 Å². The van der Waals surface area contributed by atoms with Crippen molar-refractivity contribution in [1.82, 2.24) is 0 Å². The number of anilines is 3. The predicted molar refractivity (Wildman–Crippen MR) is 129 cm³/mol. The molecule has 1 fully saturated rings. The molecule has 1 aliphatic rings. The highest BCUT2D eigenvalue weighted by Crippen LogP contribution is 2.41. The van der Waals surface area contributed by atoms with Gasteiger partial charge in [0.05, 0.1) is 30.9 Å². The number of halogens is 2. The lowest BCUT2D eigenvalue weighted by Gasteiger charge is -2.48. The standard InChI is InChI=1S/C26H26ClFN2O3/c1-2-17(14-25(31)32)18-3-12-24(23(13-18)29-22-10-6-20(27)7-11-22)30-15-26(33,16-30)19-4-8-21(28)9-5-19/h3-13,17,29,33H,2,14-16H2,1H3,(H,31,32).